The van der Waals surface area contributed by atoms with Gasteiger partial charge in [-0.05, 0) is 54.7 Å². The number of hydrogen-bond donors (Lipinski definition) is 1. The second kappa shape index (κ2) is 9.50. The largest absolute Gasteiger partial charge is 0.435 e. The van der Waals surface area contributed by atoms with Gasteiger partial charge in [0.25, 0.3) is 5.91 Å². The van der Waals surface area contributed by atoms with E-state index in [1.807, 2.05) is 0 Å². The SMILES string of the molecule is O=C(NC1CCCc2cc(OC(F)F)ccc21)N1CCN(C(=O)c2ccccc2F)CC1. The van der Waals surface area contributed by atoms with Crippen molar-refractivity contribution in [3.05, 3.63) is 65.0 Å². The molecule has 4 rings (SSSR count). The van der Waals surface area contributed by atoms with Crippen molar-refractivity contribution in [2.75, 3.05) is 26.2 Å². The van der Waals surface area contributed by atoms with E-state index in [9.17, 15) is 22.8 Å². The molecule has 6 nitrogen and oxygen atoms in total. The van der Waals surface area contributed by atoms with E-state index in [-0.39, 0.29) is 29.3 Å². The number of nitrogens with one attached hydrogen (secondary N) is 1. The van der Waals surface area contributed by atoms with E-state index in [4.69, 9.17) is 0 Å². The summed E-state index contributed by atoms with van der Waals surface area (Å²) in [6, 6.07) is 10.2. The number of benzene rings is 2. The molecule has 1 heterocycles. The lowest BCUT2D eigenvalue weighted by Gasteiger charge is -2.36. The van der Waals surface area contributed by atoms with E-state index in [1.165, 1.54) is 24.3 Å². The molecule has 2 aromatic rings. The second-order valence-corrected chi connectivity index (χ2v) is 7.89. The standard InChI is InChI=1S/C23H24F3N3O3/c24-19-6-2-1-5-18(19)21(30)28-10-12-29(13-11-28)23(31)27-20-7-3-4-15-14-16(32-22(25)26)8-9-17(15)20/h1-2,5-6,8-9,14,20,22H,3-4,7,10-13H2,(H,27,31). The lowest BCUT2D eigenvalue weighted by molar-refractivity contribution is -0.0499. The molecule has 1 unspecified atom stereocenters. The molecule has 0 spiro atoms. The number of piperazine rings is 1. The number of carbonyl (C=O) groups is 2. The molecule has 9 heteroatoms. The Morgan fingerprint density at radius 2 is 1.75 bits per heavy atom. The van der Waals surface area contributed by atoms with E-state index in [0.29, 0.717) is 26.2 Å². The van der Waals surface area contributed by atoms with Crippen molar-refractivity contribution in [2.24, 2.45) is 0 Å². The summed E-state index contributed by atoms with van der Waals surface area (Å²) in [7, 11) is 0. The highest BCUT2D eigenvalue weighted by Gasteiger charge is 2.29. The van der Waals surface area contributed by atoms with Crippen LogP contribution in [0.25, 0.3) is 0 Å². The Bertz CT molecular complexity index is 993. The zero-order valence-corrected chi connectivity index (χ0v) is 17.4. The number of carbonyl (C=O) groups excluding carboxylic acids is 2. The Morgan fingerprint density at radius 1 is 1.03 bits per heavy atom. The lowest BCUT2D eigenvalue weighted by atomic mass is 9.87. The minimum absolute atomic E-state index is 0.0272. The fraction of sp³-hybridized carbons (Fsp3) is 0.391. The molecule has 0 bridgehead atoms. The van der Waals surface area contributed by atoms with E-state index in [2.05, 4.69) is 10.1 Å². The number of aryl methyl sites for hydroxylation is 1. The smallest absolute Gasteiger partial charge is 0.387 e. The zero-order valence-electron chi connectivity index (χ0n) is 17.4. The van der Waals surface area contributed by atoms with Crippen molar-refractivity contribution < 1.29 is 27.5 Å². The summed E-state index contributed by atoms with van der Waals surface area (Å²) in [5, 5.41) is 3.02. The van der Waals surface area contributed by atoms with Crippen LogP contribution in [0.3, 0.4) is 0 Å². The van der Waals surface area contributed by atoms with Gasteiger partial charge in [0.15, 0.2) is 0 Å². The molecule has 2 aliphatic rings. The van der Waals surface area contributed by atoms with Crippen molar-refractivity contribution in [3.63, 3.8) is 0 Å². The first-order valence-electron chi connectivity index (χ1n) is 10.6. The molecular weight excluding hydrogens is 423 g/mol. The van der Waals surface area contributed by atoms with Crippen LogP contribution < -0.4 is 10.1 Å². The lowest BCUT2D eigenvalue weighted by Crippen LogP contribution is -2.53. The van der Waals surface area contributed by atoms with Gasteiger partial charge in [0.05, 0.1) is 11.6 Å². The number of halogens is 3. The number of hydrogen-bond acceptors (Lipinski definition) is 3. The highest BCUT2D eigenvalue weighted by molar-refractivity contribution is 5.94. The molecule has 32 heavy (non-hydrogen) atoms. The highest BCUT2D eigenvalue weighted by atomic mass is 19.3. The second-order valence-electron chi connectivity index (χ2n) is 7.89. The molecule has 3 amide bonds. The van der Waals surface area contributed by atoms with Crippen molar-refractivity contribution in [1.29, 1.82) is 0 Å². The number of amides is 3. The van der Waals surface area contributed by atoms with E-state index < -0.39 is 12.4 Å². The Hall–Kier alpha value is -3.23. The molecule has 1 aliphatic carbocycles. The third-order valence-corrected chi connectivity index (χ3v) is 5.91. The zero-order chi connectivity index (χ0) is 22.7. The summed E-state index contributed by atoms with van der Waals surface area (Å²) < 4.78 is 43.3. The number of urea groups is 1. The quantitative estimate of drug-likeness (QED) is 0.772. The summed E-state index contributed by atoms with van der Waals surface area (Å²) in [5.41, 5.74) is 1.82. The fourth-order valence-corrected chi connectivity index (χ4v) is 4.27. The average molecular weight is 447 g/mol. The maximum Gasteiger partial charge on any atom is 0.387 e. The average Bonchev–Trinajstić information content (AvgIpc) is 2.78. The summed E-state index contributed by atoms with van der Waals surface area (Å²) in [6.07, 6.45) is 2.31. The number of nitrogens with zero attached hydrogens (tertiary/aromatic N) is 2. The molecule has 2 aromatic carbocycles. The van der Waals surface area contributed by atoms with Crippen LogP contribution in [-0.2, 0) is 6.42 Å². The molecule has 0 aromatic heterocycles. The third kappa shape index (κ3) is 4.81. The topological polar surface area (TPSA) is 61.9 Å². The van der Waals surface area contributed by atoms with E-state index in [1.54, 1.807) is 28.0 Å². The highest BCUT2D eigenvalue weighted by Crippen LogP contribution is 2.32. The summed E-state index contributed by atoms with van der Waals surface area (Å²) in [4.78, 5) is 28.5. The van der Waals surface area contributed by atoms with Crippen LogP contribution in [0, 0.1) is 5.82 Å². The molecule has 1 aliphatic heterocycles. The molecule has 1 atom stereocenters. The van der Waals surface area contributed by atoms with Crippen LogP contribution in [0.15, 0.2) is 42.5 Å². The van der Waals surface area contributed by atoms with Crippen LogP contribution >= 0.6 is 0 Å². The van der Waals surface area contributed by atoms with Gasteiger partial charge in [-0.25, -0.2) is 9.18 Å². The maximum absolute atomic E-state index is 13.9. The van der Waals surface area contributed by atoms with Gasteiger partial charge in [0, 0.05) is 26.2 Å². The van der Waals surface area contributed by atoms with Gasteiger partial charge in [-0.15, -0.1) is 0 Å². The predicted molar refractivity (Wildman–Crippen MR) is 111 cm³/mol. The normalized spacial score (nSPS) is 18.3. The molecule has 1 fully saturated rings. The Balaban J connectivity index is 1.35. The molecule has 170 valence electrons. The first-order valence-corrected chi connectivity index (χ1v) is 10.6. The molecule has 1 N–H and O–H groups in total. The maximum atomic E-state index is 13.9. The van der Waals surface area contributed by atoms with Crippen molar-refractivity contribution in [1.82, 2.24) is 15.1 Å². The van der Waals surface area contributed by atoms with Crippen LogP contribution in [0.1, 0.15) is 40.4 Å². The van der Waals surface area contributed by atoms with Crippen molar-refractivity contribution in [3.8, 4) is 5.75 Å². The molecule has 0 radical (unpaired) electrons. The third-order valence-electron chi connectivity index (χ3n) is 5.91. The molecule has 0 saturated carbocycles. The van der Waals surface area contributed by atoms with Crippen LogP contribution in [0.2, 0.25) is 0 Å². The van der Waals surface area contributed by atoms with Gasteiger partial charge in [-0.2, -0.15) is 8.78 Å². The van der Waals surface area contributed by atoms with Crippen molar-refractivity contribution >= 4 is 11.9 Å². The minimum atomic E-state index is -2.88. The Labute approximate surface area is 183 Å². The van der Waals surface area contributed by atoms with Gasteiger partial charge in [0.2, 0.25) is 0 Å². The first kappa shape index (κ1) is 22.0. The summed E-state index contributed by atoms with van der Waals surface area (Å²) in [5.74, 6) is -0.830. The number of alkyl halides is 2. The fourth-order valence-electron chi connectivity index (χ4n) is 4.27. The monoisotopic (exact) mass is 447 g/mol. The van der Waals surface area contributed by atoms with Crippen LogP contribution in [0.5, 0.6) is 5.75 Å². The van der Waals surface area contributed by atoms with Crippen molar-refractivity contribution in [2.45, 2.75) is 31.9 Å². The number of ether oxygens (including phenoxy) is 1. The number of fused-ring (bicyclic) bond motifs is 1. The predicted octanol–water partition coefficient (Wildman–Crippen LogP) is 3.97. The summed E-state index contributed by atoms with van der Waals surface area (Å²) >= 11 is 0. The van der Waals surface area contributed by atoms with E-state index in [0.717, 1.165) is 30.4 Å². The van der Waals surface area contributed by atoms with Gasteiger partial charge in [-0.1, -0.05) is 18.2 Å². The Morgan fingerprint density at radius 3 is 2.47 bits per heavy atom. The Kier molecular flexibility index (Phi) is 6.53. The van der Waals surface area contributed by atoms with Gasteiger partial charge >= 0.3 is 12.6 Å². The van der Waals surface area contributed by atoms with Gasteiger partial charge in [-0.3, -0.25) is 4.79 Å². The van der Waals surface area contributed by atoms with Crippen LogP contribution in [0.4, 0.5) is 18.0 Å². The van der Waals surface area contributed by atoms with Crippen LogP contribution in [-0.4, -0.2) is 54.5 Å². The first-order chi connectivity index (χ1) is 15.4. The van der Waals surface area contributed by atoms with E-state index >= 15 is 0 Å². The number of rotatable bonds is 4. The summed E-state index contributed by atoms with van der Waals surface area (Å²) in [6.45, 7) is -1.57. The molecule has 1 saturated heterocycles. The van der Waals surface area contributed by atoms with Gasteiger partial charge < -0.3 is 19.9 Å². The molecular formula is C23H24F3N3O3. The van der Waals surface area contributed by atoms with Gasteiger partial charge in [0.1, 0.15) is 11.6 Å². The minimum Gasteiger partial charge on any atom is -0.435 e.